The summed E-state index contributed by atoms with van der Waals surface area (Å²) in [5.74, 6) is 0.911. The van der Waals surface area contributed by atoms with Crippen LogP contribution in [0, 0.1) is 0 Å². The number of β-amino-alcohol motifs (C(OH)–C–C–N with tert-alkyl or cyclic N) is 1. The number of anilines is 1. The minimum Gasteiger partial charge on any atom is -0.395 e. The fraction of sp³-hybridized carbons (Fsp3) is 0.583. The molecular weight excluding hydrogens is 202 g/mol. The Labute approximate surface area is 96.3 Å². The van der Waals surface area contributed by atoms with Gasteiger partial charge < -0.3 is 10.4 Å². The van der Waals surface area contributed by atoms with E-state index in [9.17, 15) is 0 Å². The maximum atomic E-state index is 9.02. The summed E-state index contributed by atoms with van der Waals surface area (Å²) in [5.41, 5.74) is 1.11. The van der Waals surface area contributed by atoms with Crippen LogP contribution in [0.25, 0.3) is 0 Å². The van der Waals surface area contributed by atoms with Crippen LogP contribution in [0.2, 0.25) is 0 Å². The van der Waals surface area contributed by atoms with Gasteiger partial charge in [0.2, 0.25) is 0 Å². The Kier molecular flexibility index (Phi) is 3.74. The lowest BCUT2D eigenvalue weighted by molar-refractivity contribution is 0.184. The average Bonchev–Trinajstić information content (AvgIpc) is 2.78. The fourth-order valence-corrected chi connectivity index (χ4v) is 2.33. The zero-order chi connectivity index (χ0) is 11.4. The summed E-state index contributed by atoms with van der Waals surface area (Å²) in [6, 6.07) is 6.44. The van der Waals surface area contributed by atoms with Gasteiger partial charge in [-0.3, -0.25) is 4.90 Å². The van der Waals surface area contributed by atoms with Crippen LogP contribution in [0.4, 0.5) is 5.82 Å². The Hall–Kier alpha value is -1.13. The molecule has 1 fully saturated rings. The van der Waals surface area contributed by atoms with Crippen molar-refractivity contribution in [3.05, 3.63) is 23.9 Å². The number of aromatic nitrogens is 1. The Morgan fingerprint density at radius 1 is 1.56 bits per heavy atom. The molecule has 0 amide bonds. The summed E-state index contributed by atoms with van der Waals surface area (Å²) < 4.78 is 0. The number of hydrogen-bond acceptors (Lipinski definition) is 4. The van der Waals surface area contributed by atoms with E-state index in [0.717, 1.165) is 31.0 Å². The number of rotatable bonds is 4. The van der Waals surface area contributed by atoms with Crippen molar-refractivity contribution in [3.63, 3.8) is 0 Å². The van der Waals surface area contributed by atoms with Crippen molar-refractivity contribution in [1.82, 2.24) is 9.88 Å². The molecule has 1 aliphatic heterocycles. The second-order valence-corrected chi connectivity index (χ2v) is 4.12. The van der Waals surface area contributed by atoms with Gasteiger partial charge in [-0.1, -0.05) is 6.07 Å². The van der Waals surface area contributed by atoms with Crippen molar-refractivity contribution in [2.24, 2.45) is 0 Å². The topological polar surface area (TPSA) is 48.4 Å². The van der Waals surface area contributed by atoms with E-state index in [2.05, 4.69) is 21.3 Å². The monoisotopic (exact) mass is 221 g/mol. The van der Waals surface area contributed by atoms with Crippen molar-refractivity contribution in [2.75, 3.05) is 32.1 Å². The molecule has 88 valence electrons. The van der Waals surface area contributed by atoms with E-state index >= 15 is 0 Å². The summed E-state index contributed by atoms with van der Waals surface area (Å²) in [6.45, 7) is 2.04. The van der Waals surface area contributed by atoms with Crippen LogP contribution in [0.5, 0.6) is 0 Å². The lowest BCUT2D eigenvalue weighted by Crippen LogP contribution is -2.27. The zero-order valence-electron chi connectivity index (χ0n) is 9.69. The molecule has 1 aromatic heterocycles. The molecule has 0 radical (unpaired) electrons. The molecule has 0 aliphatic carbocycles. The van der Waals surface area contributed by atoms with Gasteiger partial charge in [0.25, 0.3) is 0 Å². The van der Waals surface area contributed by atoms with Crippen LogP contribution in [0.3, 0.4) is 0 Å². The molecule has 1 atom stereocenters. The first-order chi connectivity index (χ1) is 7.85. The Bertz CT molecular complexity index is 343. The van der Waals surface area contributed by atoms with Gasteiger partial charge in [0.05, 0.1) is 18.3 Å². The summed E-state index contributed by atoms with van der Waals surface area (Å²) in [6.07, 6.45) is 2.33. The Balaban J connectivity index is 2.15. The van der Waals surface area contributed by atoms with Gasteiger partial charge in [-0.15, -0.1) is 0 Å². The average molecular weight is 221 g/mol. The highest BCUT2D eigenvalue weighted by atomic mass is 16.3. The molecule has 1 aliphatic rings. The van der Waals surface area contributed by atoms with E-state index < -0.39 is 0 Å². The quantitative estimate of drug-likeness (QED) is 0.803. The number of nitrogens with one attached hydrogen (secondary N) is 1. The molecule has 4 nitrogen and oxygen atoms in total. The SMILES string of the molecule is CNc1cccc([C@H]2CCCN2CCO)n1. The van der Waals surface area contributed by atoms with Gasteiger partial charge in [0.15, 0.2) is 0 Å². The summed E-state index contributed by atoms with van der Waals surface area (Å²) in [5, 5.41) is 12.1. The maximum absolute atomic E-state index is 9.02. The molecule has 2 rings (SSSR count). The van der Waals surface area contributed by atoms with E-state index in [-0.39, 0.29) is 6.61 Å². The van der Waals surface area contributed by atoms with E-state index in [4.69, 9.17) is 5.11 Å². The minimum atomic E-state index is 0.224. The lowest BCUT2D eigenvalue weighted by Gasteiger charge is -2.23. The van der Waals surface area contributed by atoms with E-state index in [1.165, 1.54) is 6.42 Å². The van der Waals surface area contributed by atoms with Crippen LogP contribution in [-0.2, 0) is 0 Å². The first kappa shape index (κ1) is 11.4. The van der Waals surface area contributed by atoms with E-state index in [1.807, 2.05) is 19.2 Å². The molecular formula is C12H19N3O. The van der Waals surface area contributed by atoms with Gasteiger partial charge in [0, 0.05) is 13.6 Å². The molecule has 2 N–H and O–H groups in total. The van der Waals surface area contributed by atoms with Gasteiger partial charge in [0.1, 0.15) is 5.82 Å². The number of nitrogens with zero attached hydrogens (tertiary/aromatic N) is 2. The highest BCUT2D eigenvalue weighted by Gasteiger charge is 2.26. The van der Waals surface area contributed by atoms with Crippen LogP contribution >= 0.6 is 0 Å². The maximum Gasteiger partial charge on any atom is 0.126 e. The molecule has 0 aromatic carbocycles. The number of likely N-dealkylation sites (tertiary alicyclic amines) is 1. The molecule has 16 heavy (non-hydrogen) atoms. The fourth-order valence-electron chi connectivity index (χ4n) is 2.33. The van der Waals surface area contributed by atoms with Crippen molar-refractivity contribution < 1.29 is 5.11 Å². The largest absolute Gasteiger partial charge is 0.395 e. The standard InChI is InChI=1S/C12H19N3O/c1-13-12-6-2-4-10(14-12)11-5-3-7-15(11)8-9-16/h2,4,6,11,16H,3,5,7-9H2,1H3,(H,13,14)/t11-/m1/s1. The smallest absolute Gasteiger partial charge is 0.126 e. The number of hydrogen-bond donors (Lipinski definition) is 2. The number of aliphatic hydroxyl groups is 1. The van der Waals surface area contributed by atoms with E-state index in [1.54, 1.807) is 0 Å². The predicted octanol–water partition coefficient (Wildman–Crippen LogP) is 1.25. The van der Waals surface area contributed by atoms with Gasteiger partial charge in [-0.05, 0) is 31.5 Å². The first-order valence-electron chi connectivity index (χ1n) is 5.85. The third-order valence-electron chi connectivity index (χ3n) is 3.12. The van der Waals surface area contributed by atoms with Crippen molar-refractivity contribution in [3.8, 4) is 0 Å². The van der Waals surface area contributed by atoms with E-state index in [0.29, 0.717) is 6.04 Å². The summed E-state index contributed by atoms with van der Waals surface area (Å²) in [4.78, 5) is 6.88. The van der Waals surface area contributed by atoms with Crippen molar-refractivity contribution >= 4 is 5.82 Å². The molecule has 2 heterocycles. The highest BCUT2D eigenvalue weighted by Crippen LogP contribution is 2.30. The lowest BCUT2D eigenvalue weighted by atomic mass is 10.1. The van der Waals surface area contributed by atoms with Crippen LogP contribution in [0.15, 0.2) is 18.2 Å². The predicted molar refractivity (Wildman–Crippen MR) is 64.4 cm³/mol. The normalized spacial score (nSPS) is 21.2. The second kappa shape index (κ2) is 5.27. The Morgan fingerprint density at radius 3 is 3.19 bits per heavy atom. The Morgan fingerprint density at radius 2 is 2.44 bits per heavy atom. The van der Waals surface area contributed by atoms with Crippen molar-refractivity contribution in [1.29, 1.82) is 0 Å². The molecule has 0 spiro atoms. The molecule has 1 aromatic rings. The third-order valence-corrected chi connectivity index (χ3v) is 3.12. The zero-order valence-corrected chi connectivity index (χ0v) is 9.69. The molecule has 4 heteroatoms. The van der Waals surface area contributed by atoms with Crippen LogP contribution in [-0.4, -0.2) is 41.7 Å². The van der Waals surface area contributed by atoms with Gasteiger partial charge in [-0.25, -0.2) is 4.98 Å². The summed E-state index contributed by atoms with van der Waals surface area (Å²) >= 11 is 0. The molecule has 0 unspecified atom stereocenters. The third kappa shape index (κ3) is 2.33. The molecule has 1 saturated heterocycles. The first-order valence-corrected chi connectivity index (χ1v) is 5.85. The summed E-state index contributed by atoms with van der Waals surface area (Å²) in [7, 11) is 1.88. The molecule has 0 bridgehead atoms. The highest BCUT2D eigenvalue weighted by molar-refractivity contribution is 5.35. The number of aliphatic hydroxyl groups excluding tert-OH is 1. The van der Waals surface area contributed by atoms with Crippen LogP contribution < -0.4 is 5.32 Å². The van der Waals surface area contributed by atoms with Gasteiger partial charge >= 0.3 is 0 Å². The number of pyridine rings is 1. The second-order valence-electron chi connectivity index (χ2n) is 4.12. The molecule has 0 saturated carbocycles. The van der Waals surface area contributed by atoms with Crippen LogP contribution in [0.1, 0.15) is 24.6 Å². The van der Waals surface area contributed by atoms with Crippen molar-refractivity contribution in [2.45, 2.75) is 18.9 Å². The van der Waals surface area contributed by atoms with Gasteiger partial charge in [-0.2, -0.15) is 0 Å². The minimum absolute atomic E-state index is 0.224.